The Labute approximate surface area is 196 Å². The van der Waals surface area contributed by atoms with Gasteiger partial charge in [-0.2, -0.15) is 0 Å². The highest BCUT2D eigenvalue weighted by atomic mass is 16.3. The molecule has 1 fully saturated rings. The van der Waals surface area contributed by atoms with Gasteiger partial charge >= 0.3 is 0 Å². The minimum atomic E-state index is -0.193. The summed E-state index contributed by atoms with van der Waals surface area (Å²) in [6.07, 6.45) is 7.31. The van der Waals surface area contributed by atoms with Gasteiger partial charge in [-0.15, -0.1) is 0 Å². The summed E-state index contributed by atoms with van der Waals surface area (Å²) < 4.78 is 0. The van der Waals surface area contributed by atoms with Crippen molar-refractivity contribution in [2.24, 2.45) is 5.92 Å². The van der Waals surface area contributed by atoms with Crippen molar-refractivity contribution in [2.45, 2.75) is 63.5 Å². The molecule has 5 rings (SSSR count). The number of fused-ring (bicyclic) bond motifs is 3. The summed E-state index contributed by atoms with van der Waals surface area (Å²) in [4.78, 5) is 17.3. The average molecular weight is 441 g/mol. The molecule has 170 valence electrons. The number of benzene rings is 2. The number of carbonyl (C=O) groups excluding carboxylic acids is 1. The third kappa shape index (κ3) is 4.32. The van der Waals surface area contributed by atoms with Gasteiger partial charge in [0, 0.05) is 29.4 Å². The average Bonchev–Trinajstić information content (AvgIpc) is 2.84. The van der Waals surface area contributed by atoms with Crippen molar-refractivity contribution >= 4 is 5.91 Å². The standard InChI is InChI=1S/C29H32N2O2/c1-20-24(8-5-15-30-20)19-31-28(33)23-10-12-27-22(16-23)9-11-25-17-26(32)13-14-29(25,27)18-21-6-3-2-4-7-21/h2-8,10,12,15-16,25-26,32H,9,11,13-14,17-19H2,1H3,(H,31,33). The molecule has 0 aliphatic heterocycles. The second kappa shape index (κ2) is 9.11. The Morgan fingerprint density at radius 1 is 1.12 bits per heavy atom. The van der Waals surface area contributed by atoms with Gasteiger partial charge in [0.05, 0.1) is 6.10 Å². The first-order chi connectivity index (χ1) is 16.0. The smallest absolute Gasteiger partial charge is 0.251 e. The minimum Gasteiger partial charge on any atom is -0.393 e. The Bertz CT molecular complexity index is 1140. The zero-order valence-corrected chi connectivity index (χ0v) is 19.3. The molecule has 1 saturated carbocycles. The van der Waals surface area contributed by atoms with Crippen LogP contribution in [0, 0.1) is 12.8 Å². The number of aliphatic hydroxyl groups is 1. The fourth-order valence-corrected chi connectivity index (χ4v) is 6.08. The van der Waals surface area contributed by atoms with Crippen molar-refractivity contribution in [1.29, 1.82) is 0 Å². The van der Waals surface area contributed by atoms with E-state index >= 15 is 0 Å². The first-order valence-corrected chi connectivity index (χ1v) is 12.1. The lowest BCUT2D eigenvalue weighted by Gasteiger charge is -2.50. The molecule has 1 heterocycles. The van der Waals surface area contributed by atoms with E-state index in [4.69, 9.17) is 0 Å². The maximum atomic E-state index is 12.9. The molecule has 4 heteroatoms. The molecule has 3 unspecified atom stereocenters. The molecule has 2 aliphatic rings. The molecule has 33 heavy (non-hydrogen) atoms. The van der Waals surface area contributed by atoms with Crippen LogP contribution in [0.2, 0.25) is 0 Å². The van der Waals surface area contributed by atoms with Crippen molar-refractivity contribution in [1.82, 2.24) is 10.3 Å². The van der Waals surface area contributed by atoms with Gasteiger partial charge in [0.25, 0.3) is 5.91 Å². The topological polar surface area (TPSA) is 62.2 Å². The van der Waals surface area contributed by atoms with Crippen LogP contribution in [-0.4, -0.2) is 22.1 Å². The summed E-state index contributed by atoms with van der Waals surface area (Å²) in [6, 6.07) is 20.9. The normalized spacial score (nSPS) is 23.9. The van der Waals surface area contributed by atoms with Crippen molar-refractivity contribution in [2.75, 3.05) is 0 Å². The van der Waals surface area contributed by atoms with E-state index in [0.717, 1.165) is 55.3 Å². The molecule has 2 N–H and O–H groups in total. The highest BCUT2D eigenvalue weighted by Crippen LogP contribution is 2.52. The Morgan fingerprint density at radius 2 is 1.97 bits per heavy atom. The summed E-state index contributed by atoms with van der Waals surface area (Å²) in [7, 11) is 0. The lowest BCUT2D eigenvalue weighted by atomic mass is 9.54. The summed E-state index contributed by atoms with van der Waals surface area (Å²) >= 11 is 0. The fraction of sp³-hybridized carbons (Fsp3) is 0.379. The number of aromatic nitrogens is 1. The quantitative estimate of drug-likeness (QED) is 0.593. The van der Waals surface area contributed by atoms with Crippen molar-refractivity contribution in [3.63, 3.8) is 0 Å². The first kappa shape index (κ1) is 21.8. The summed E-state index contributed by atoms with van der Waals surface area (Å²) in [5.74, 6) is 0.432. The van der Waals surface area contributed by atoms with Crippen molar-refractivity contribution < 1.29 is 9.90 Å². The van der Waals surface area contributed by atoms with Gasteiger partial charge in [-0.05, 0) is 91.8 Å². The van der Waals surface area contributed by atoms with Crippen LogP contribution in [0.4, 0.5) is 0 Å². The molecule has 2 aromatic carbocycles. The fourth-order valence-electron chi connectivity index (χ4n) is 6.08. The molecule has 0 bridgehead atoms. The number of hydrogen-bond donors (Lipinski definition) is 2. The molecular weight excluding hydrogens is 408 g/mol. The van der Waals surface area contributed by atoms with E-state index in [1.165, 1.54) is 16.7 Å². The lowest BCUT2D eigenvalue weighted by molar-refractivity contribution is 0.0406. The number of aryl methyl sites for hydroxylation is 2. The molecule has 1 amide bonds. The number of aliphatic hydroxyl groups excluding tert-OH is 1. The summed E-state index contributed by atoms with van der Waals surface area (Å²) in [6.45, 7) is 2.44. The number of pyridine rings is 1. The largest absolute Gasteiger partial charge is 0.393 e. The monoisotopic (exact) mass is 440 g/mol. The Morgan fingerprint density at radius 3 is 2.79 bits per heavy atom. The number of amides is 1. The Hall–Kier alpha value is -2.98. The zero-order valence-electron chi connectivity index (χ0n) is 19.3. The highest BCUT2D eigenvalue weighted by molar-refractivity contribution is 5.94. The van der Waals surface area contributed by atoms with E-state index in [1.807, 2.05) is 25.1 Å². The van der Waals surface area contributed by atoms with Gasteiger partial charge in [0.2, 0.25) is 0 Å². The molecule has 3 aromatic rings. The van der Waals surface area contributed by atoms with Crippen molar-refractivity contribution in [3.8, 4) is 0 Å². The van der Waals surface area contributed by atoms with Crippen LogP contribution in [0.15, 0.2) is 66.9 Å². The van der Waals surface area contributed by atoms with Gasteiger partial charge in [-0.1, -0.05) is 42.5 Å². The van der Waals surface area contributed by atoms with Crippen LogP contribution in [0.1, 0.15) is 64.0 Å². The van der Waals surface area contributed by atoms with Crippen LogP contribution >= 0.6 is 0 Å². The third-order valence-electron chi connectivity index (χ3n) is 7.85. The third-order valence-corrected chi connectivity index (χ3v) is 7.85. The number of carbonyl (C=O) groups is 1. The number of nitrogens with one attached hydrogen (secondary N) is 1. The van der Waals surface area contributed by atoms with E-state index in [9.17, 15) is 9.90 Å². The molecule has 0 spiro atoms. The van der Waals surface area contributed by atoms with Crippen LogP contribution < -0.4 is 5.32 Å². The molecule has 2 aliphatic carbocycles. The molecule has 4 nitrogen and oxygen atoms in total. The molecule has 0 radical (unpaired) electrons. The first-order valence-electron chi connectivity index (χ1n) is 12.1. The maximum Gasteiger partial charge on any atom is 0.251 e. The minimum absolute atomic E-state index is 0.0377. The van der Waals surface area contributed by atoms with Crippen LogP contribution in [0.25, 0.3) is 0 Å². The number of hydrogen-bond acceptors (Lipinski definition) is 3. The second-order valence-electron chi connectivity index (χ2n) is 9.78. The van der Waals surface area contributed by atoms with Gasteiger partial charge in [0.15, 0.2) is 0 Å². The summed E-state index contributed by atoms with van der Waals surface area (Å²) in [5, 5.41) is 13.5. The Kier molecular flexibility index (Phi) is 6.03. The van der Waals surface area contributed by atoms with Crippen LogP contribution in [0.3, 0.4) is 0 Å². The predicted molar refractivity (Wildman–Crippen MR) is 130 cm³/mol. The predicted octanol–water partition coefficient (Wildman–Crippen LogP) is 4.91. The maximum absolute atomic E-state index is 12.9. The van der Waals surface area contributed by atoms with Crippen molar-refractivity contribution in [3.05, 3.63) is 100 Å². The van der Waals surface area contributed by atoms with Gasteiger partial charge < -0.3 is 10.4 Å². The molecule has 0 saturated heterocycles. The lowest BCUT2D eigenvalue weighted by Crippen LogP contribution is -2.47. The summed E-state index contributed by atoms with van der Waals surface area (Å²) in [5.41, 5.74) is 6.76. The van der Waals surface area contributed by atoms with Gasteiger partial charge in [0.1, 0.15) is 0 Å². The zero-order chi connectivity index (χ0) is 22.8. The van der Waals surface area contributed by atoms with E-state index < -0.39 is 0 Å². The molecule has 3 atom stereocenters. The SMILES string of the molecule is Cc1ncccc1CNC(=O)c1ccc2c(c1)CCC1CC(O)CCC21Cc1ccccc1. The van der Waals surface area contributed by atoms with E-state index in [-0.39, 0.29) is 17.4 Å². The second-order valence-corrected chi connectivity index (χ2v) is 9.78. The van der Waals surface area contributed by atoms with Gasteiger partial charge in [-0.3, -0.25) is 9.78 Å². The molecular formula is C29H32N2O2. The van der Waals surface area contributed by atoms with Gasteiger partial charge in [-0.25, -0.2) is 0 Å². The van der Waals surface area contributed by atoms with Crippen LogP contribution in [-0.2, 0) is 24.8 Å². The van der Waals surface area contributed by atoms with E-state index in [0.29, 0.717) is 12.5 Å². The Balaban J connectivity index is 1.42. The number of nitrogens with zero attached hydrogens (tertiary/aromatic N) is 1. The van der Waals surface area contributed by atoms with Crippen LogP contribution in [0.5, 0.6) is 0 Å². The number of rotatable bonds is 5. The van der Waals surface area contributed by atoms with E-state index in [2.05, 4.69) is 52.8 Å². The molecule has 1 aromatic heterocycles. The highest BCUT2D eigenvalue weighted by Gasteiger charge is 2.47. The van der Waals surface area contributed by atoms with E-state index in [1.54, 1.807) is 6.20 Å².